The van der Waals surface area contributed by atoms with E-state index in [1.807, 2.05) is 25.1 Å². The minimum absolute atomic E-state index is 0.0870. The molecule has 0 unspecified atom stereocenters. The minimum atomic E-state index is -0.546. The second-order valence-electron chi connectivity index (χ2n) is 5.47. The number of phenolic OH excluding ortho intramolecular Hbond substituents is 1. The van der Waals surface area contributed by atoms with Gasteiger partial charge in [-0.25, -0.2) is 0 Å². The lowest BCUT2D eigenvalue weighted by atomic mass is 10.1. The van der Waals surface area contributed by atoms with Gasteiger partial charge >= 0.3 is 0 Å². The van der Waals surface area contributed by atoms with E-state index in [-0.39, 0.29) is 11.3 Å². The monoisotopic (exact) mass is 337 g/mol. The number of aromatic hydroxyl groups is 1. The number of amides is 1. The number of methoxy groups -OCH3 is 1. The summed E-state index contributed by atoms with van der Waals surface area (Å²) in [6.07, 6.45) is 1.34. The van der Waals surface area contributed by atoms with Gasteiger partial charge < -0.3 is 20.5 Å². The summed E-state index contributed by atoms with van der Waals surface area (Å²) in [5.41, 5.74) is 2.80. The number of phenols is 1. The smallest absolute Gasteiger partial charge is 0.267 e. The van der Waals surface area contributed by atoms with Crippen molar-refractivity contribution in [2.75, 3.05) is 17.7 Å². The third-order valence-corrected chi connectivity index (χ3v) is 3.55. The Morgan fingerprint density at radius 2 is 1.96 bits per heavy atom. The molecule has 3 N–H and O–H groups in total. The van der Waals surface area contributed by atoms with Crippen LogP contribution in [0.2, 0.25) is 0 Å². The Kier molecular flexibility index (Phi) is 5.64. The van der Waals surface area contributed by atoms with Crippen molar-refractivity contribution in [3.05, 3.63) is 59.3 Å². The summed E-state index contributed by atoms with van der Waals surface area (Å²) in [7, 11) is 1.55. The molecule has 128 valence electrons. The average molecular weight is 337 g/mol. The van der Waals surface area contributed by atoms with Crippen molar-refractivity contribution in [2.24, 2.45) is 0 Å². The lowest BCUT2D eigenvalue weighted by molar-refractivity contribution is -0.112. The van der Waals surface area contributed by atoms with Gasteiger partial charge in [-0.05, 0) is 55.3 Å². The number of rotatable bonds is 5. The fourth-order valence-corrected chi connectivity index (χ4v) is 2.21. The van der Waals surface area contributed by atoms with Gasteiger partial charge in [-0.1, -0.05) is 6.07 Å². The number of hydrogen-bond donors (Lipinski definition) is 3. The minimum Gasteiger partial charge on any atom is -0.508 e. The molecule has 0 aromatic heterocycles. The lowest BCUT2D eigenvalue weighted by Gasteiger charge is -2.10. The molecule has 0 spiro atoms. The van der Waals surface area contributed by atoms with Gasteiger partial charge in [0, 0.05) is 11.9 Å². The van der Waals surface area contributed by atoms with Crippen molar-refractivity contribution in [1.82, 2.24) is 0 Å². The van der Waals surface area contributed by atoms with E-state index < -0.39 is 5.91 Å². The Balaban J connectivity index is 2.18. The van der Waals surface area contributed by atoms with Crippen molar-refractivity contribution in [2.45, 2.75) is 13.8 Å². The van der Waals surface area contributed by atoms with E-state index in [1.54, 1.807) is 26.2 Å². The lowest BCUT2D eigenvalue weighted by Crippen LogP contribution is -2.15. The van der Waals surface area contributed by atoms with Crippen LogP contribution in [-0.4, -0.2) is 18.1 Å². The van der Waals surface area contributed by atoms with Crippen LogP contribution in [0.5, 0.6) is 11.5 Å². The highest BCUT2D eigenvalue weighted by Crippen LogP contribution is 2.25. The van der Waals surface area contributed by atoms with Crippen LogP contribution < -0.4 is 15.4 Å². The maximum Gasteiger partial charge on any atom is 0.267 e. The van der Waals surface area contributed by atoms with E-state index in [0.717, 1.165) is 5.56 Å². The third kappa shape index (κ3) is 4.52. The normalized spacial score (nSPS) is 10.7. The van der Waals surface area contributed by atoms with Gasteiger partial charge in [0.1, 0.15) is 23.1 Å². The van der Waals surface area contributed by atoms with Crippen molar-refractivity contribution in [3.63, 3.8) is 0 Å². The van der Waals surface area contributed by atoms with Crippen LogP contribution in [0.15, 0.2) is 48.2 Å². The summed E-state index contributed by atoms with van der Waals surface area (Å²) in [6, 6.07) is 12.0. The topological polar surface area (TPSA) is 94.4 Å². The second kappa shape index (κ2) is 7.88. The standard InChI is InChI=1S/C19H19N3O3/c1-12-4-7-18(25-3)17(8-12)21-11-14(10-20)19(24)22-16-6-5-15(23)9-13(16)2/h4-9,11,21,23H,1-3H3,(H,22,24)/b14-11-. The zero-order valence-corrected chi connectivity index (χ0v) is 14.3. The number of anilines is 2. The van der Waals surface area contributed by atoms with Crippen molar-refractivity contribution < 1.29 is 14.6 Å². The molecule has 0 fully saturated rings. The molecule has 0 saturated carbocycles. The van der Waals surface area contributed by atoms with Crippen LogP contribution in [-0.2, 0) is 4.79 Å². The van der Waals surface area contributed by atoms with Crippen LogP contribution in [0.25, 0.3) is 0 Å². The highest BCUT2D eigenvalue weighted by molar-refractivity contribution is 6.07. The number of nitrogens with one attached hydrogen (secondary N) is 2. The van der Waals surface area contributed by atoms with Crippen LogP contribution in [0.3, 0.4) is 0 Å². The number of benzene rings is 2. The summed E-state index contributed by atoms with van der Waals surface area (Å²) in [4.78, 5) is 12.3. The molecule has 0 bridgehead atoms. The predicted molar refractivity (Wildman–Crippen MR) is 96.5 cm³/mol. The number of nitriles is 1. The molecule has 0 aliphatic heterocycles. The first kappa shape index (κ1) is 17.9. The molecular formula is C19H19N3O3. The van der Waals surface area contributed by atoms with Gasteiger partial charge in [0.25, 0.3) is 5.91 Å². The van der Waals surface area contributed by atoms with Crippen LogP contribution in [0.1, 0.15) is 11.1 Å². The second-order valence-corrected chi connectivity index (χ2v) is 5.47. The fraction of sp³-hybridized carbons (Fsp3) is 0.158. The largest absolute Gasteiger partial charge is 0.508 e. The number of carbonyl (C=O) groups excluding carboxylic acids is 1. The van der Waals surface area contributed by atoms with Crippen LogP contribution in [0, 0.1) is 25.2 Å². The summed E-state index contributed by atoms with van der Waals surface area (Å²) in [5, 5.41) is 24.3. The zero-order chi connectivity index (χ0) is 18.4. The Morgan fingerprint density at radius 1 is 1.20 bits per heavy atom. The maximum atomic E-state index is 12.3. The molecule has 0 heterocycles. The van der Waals surface area contributed by atoms with Crippen molar-refractivity contribution in [1.29, 1.82) is 5.26 Å². The molecule has 2 aromatic rings. The molecule has 25 heavy (non-hydrogen) atoms. The highest BCUT2D eigenvalue weighted by atomic mass is 16.5. The van der Waals surface area contributed by atoms with Crippen LogP contribution in [0.4, 0.5) is 11.4 Å². The molecular weight excluding hydrogens is 318 g/mol. The van der Waals surface area contributed by atoms with E-state index in [2.05, 4.69) is 10.6 Å². The van der Waals surface area contributed by atoms with Gasteiger partial charge in [0.2, 0.25) is 0 Å². The SMILES string of the molecule is COc1ccc(C)cc1N/C=C(/C#N)C(=O)Nc1ccc(O)cc1C. The Labute approximate surface area is 146 Å². The summed E-state index contributed by atoms with van der Waals surface area (Å²) >= 11 is 0. The van der Waals surface area contributed by atoms with Crippen LogP contribution >= 0.6 is 0 Å². The Bertz CT molecular complexity index is 867. The number of nitrogens with zero attached hydrogens (tertiary/aromatic N) is 1. The molecule has 2 aromatic carbocycles. The number of carbonyl (C=O) groups is 1. The average Bonchev–Trinajstić information content (AvgIpc) is 2.58. The molecule has 2 rings (SSSR count). The van der Waals surface area contributed by atoms with Gasteiger partial charge in [0.05, 0.1) is 12.8 Å². The molecule has 1 amide bonds. The van der Waals surface area contributed by atoms with Gasteiger partial charge in [0.15, 0.2) is 0 Å². The Morgan fingerprint density at radius 3 is 2.60 bits per heavy atom. The number of hydrogen-bond acceptors (Lipinski definition) is 5. The molecule has 0 saturated heterocycles. The number of ether oxygens (including phenoxy) is 1. The van der Waals surface area contributed by atoms with Crippen molar-refractivity contribution >= 4 is 17.3 Å². The third-order valence-electron chi connectivity index (χ3n) is 3.55. The summed E-state index contributed by atoms with van der Waals surface area (Å²) < 4.78 is 5.25. The summed E-state index contributed by atoms with van der Waals surface area (Å²) in [6.45, 7) is 3.68. The van der Waals surface area contributed by atoms with Crippen molar-refractivity contribution in [3.8, 4) is 17.6 Å². The fourth-order valence-electron chi connectivity index (χ4n) is 2.21. The van der Waals surface area contributed by atoms with E-state index in [1.165, 1.54) is 18.3 Å². The van der Waals surface area contributed by atoms with Gasteiger partial charge in [-0.2, -0.15) is 5.26 Å². The number of aryl methyl sites for hydroxylation is 2. The molecule has 6 heteroatoms. The maximum absolute atomic E-state index is 12.3. The highest BCUT2D eigenvalue weighted by Gasteiger charge is 2.11. The first-order valence-corrected chi connectivity index (χ1v) is 7.57. The molecule has 6 nitrogen and oxygen atoms in total. The Hall–Kier alpha value is -3.46. The van der Waals surface area contributed by atoms with E-state index in [4.69, 9.17) is 4.74 Å². The van der Waals surface area contributed by atoms with E-state index in [0.29, 0.717) is 22.7 Å². The van der Waals surface area contributed by atoms with Gasteiger partial charge in [-0.3, -0.25) is 4.79 Å². The molecule has 0 aliphatic rings. The van der Waals surface area contributed by atoms with E-state index >= 15 is 0 Å². The first-order chi connectivity index (χ1) is 11.9. The summed E-state index contributed by atoms with van der Waals surface area (Å²) in [5.74, 6) is 0.170. The quantitative estimate of drug-likeness (QED) is 0.441. The zero-order valence-electron chi connectivity index (χ0n) is 14.3. The molecule has 0 radical (unpaired) electrons. The molecule has 0 aliphatic carbocycles. The molecule has 0 atom stereocenters. The van der Waals surface area contributed by atoms with Gasteiger partial charge in [-0.15, -0.1) is 0 Å². The predicted octanol–water partition coefficient (Wildman–Crippen LogP) is 3.48. The first-order valence-electron chi connectivity index (χ1n) is 7.57. The van der Waals surface area contributed by atoms with E-state index in [9.17, 15) is 15.2 Å².